The third-order valence-electron chi connectivity index (χ3n) is 3.12. The minimum atomic E-state index is -0.275. The molecule has 3 rings (SSSR count). The van der Waals surface area contributed by atoms with Crippen molar-refractivity contribution in [3.63, 3.8) is 0 Å². The van der Waals surface area contributed by atoms with E-state index in [9.17, 15) is 4.39 Å². The molecule has 3 aromatic rings. The second-order valence-corrected chi connectivity index (χ2v) is 5.44. The van der Waals surface area contributed by atoms with Gasteiger partial charge >= 0.3 is 0 Å². The summed E-state index contributed by atoms with van der Waals surface area (Å²) >= 11 is 1.52. The lowest BCUT2D eigenvalue weighted by molar-refractivity contribution is 0.627. The van der Waals surface area contributed by atoms with Crippen LogP contribution in [0.25, 0.3) is 11.3 Å². The maximum atomic E-state index is 13.2. The normalized spacial score (nSPS) is 12.2. The highest BCUT2D eigenvalue weighted by molar-refractivity contribution is 7.07. The largest absolute Gasteiger partial charge is 0.261 e. The number of thiazole rings is 1. The predicted molar refractivity (Wildman–Crippen MR) is 88.6 cm³/mol. The van der Waals surface area contributed by atoms with Crippen molar-refractivity contribution in [2.75, 3.05) is 7.05 Å². The molecule has 0 bridgehead atoms. The van der Waals surface area contributed by atoms with Crippen molar-refractivity contribution < 1.29 is 4.39 Å². The summed E-state index contributed by atoms with van der Waals surface area (Å²) in [7, 11) is 1.73. The Kier molecular flexibility index (Phi) is 4.25. The fourth-order valence-electron chi connectivity index (χ4n) is 2.08. The van der Waals surface area contributed by atoms with Gasteiger partial charge in [-0.15, -0.1) is 11.3 Å². The lowest BCUT2D eigenvalue weighted by Crippen LogP contribution is -2.11. The average Bonchev–Trinajstić information content (AvgIpc) is 2.97. The molecular formula is C17H14FN3S. The lowest BCUT2D eigenvalue weighted by atomic mass is 10.2. The van der Waals surface area contributed by atoms with Crippen molar-refractivity contribution >= 4 is 17.6 Å². The van der Waals surface area contributed by atoms with Crippen LogP contribution < -0.4 is 4.80 Å². The molecule has 0 atom stereocenters. The van der Waals surface area contributed by atoms with Crippen molar-refractivity contribution in [1.29, 1.82) is 0 Å². The first-order valence-electron chi connectivity index (χ1n) is 6.76. The Hall–Kier alpha value is -2.53. The number of hydrogen-bond acceptors (Lipinski definition) is 3. The molecule has 0 aliphatic heterocycles. The molecule has 0 aliphatic carbocycles. The topological polar surface area (TPSA) is 29.6 Å². The van der Waals surface area contributed by atoms with Crippen molar-refractivity contribution in [3.8, 4) is 11.3 Å². The minimum absolute atomic E-state index is 0.275. The highest BCUT2D eigenvalue weighted by Crippen LogP contribution is 2.19. The minimum Gasteiger partial charge on any atom is -0.261 e. The van der Waals surface area contributed by atoms with Crippen LogP contribution in [0.1, 0.15) is 5.56 Å². The number of halogens is 1. The summed E-state index contributed by atoms with van der Waals surface area (Å²) < 4.78 is 15.0. The molecule has 0 N–H and O–H groups in total. The van der Waals surface area contributed by atoms with Crippen molar-refractivity contribution in [3.05, 3.63) is 76.2 Å². The molecule has 0 aliphatic rings. The van der Waals surface area contributed by atoms with E-state index in [2.05, 4.69) is 10.1 Å². The van der Waals surface area contributed by atoms with Crippen LogP contribution in [0.5, 0.6) is 0 Å². The molecule has 0 spiro atoms. The summed E-state index contributed by atoms with van der Waals surface area (Å²) in [4.78, 5) is 5.02. The van der Waals surface area contributed by atoms with E-state index in [-0.39, 0.29) is 5.82 Å². The number of benzene rings is 2. The van der Waals surface area contributed by atoms with Gasteiger partial charge in [-0.2, -0.15) is 5.10 Å². The van der Waals surface area contributed by atoms with Gasteiger partial charge in [0.05, 0.1) is 11.9 Å². The van der Waals surface area contributed by atoms with E-state index >= 15 is 0 Å². The highest BCUT2D eigenvalue weighted by Gasteiger charge is 2.06. The fraction of sp³-hybridized carbons (Fsp3) is 0.0588. The van der Waals surface area contributed by atoms with Gasteiger partial charge in [0, 0.05) is 18.0 Å². The quantitative estimate of drug-likeness (QED) is 0.659. The van der Waals surface area contributed by atoms with Crippen LogP contribution in [0.15, 0.2) is 70.1 Å². The summed E-state index contributed by atoms with van der Waals surface area (Å²) in [5.41, 5.74) is 2.73. The Morgan fingerprint density at radius 1 is 1.09 bits per heavy atom. The maximum Gasteiger partial charge on any atom is 0.205 e. The van der Waals surface area contributed by atoms with E-state index < -0.39 is 0 Å². The van der Waals surface area contributed by atoms with Gasteiger partial charge < -0.3 is 0 Å². The molecule has 0 radical (unpaired) electrons. The van der Waals surface area contributed by atoms with Gasteiger partial charge in [-0.3, -0.25) is 4.99 Å². The van der Waals surface area contributed by atoms with Crippen LogP contribution in [-0.2, 0) is 0 Å². The van der Waals surface area contributed by atoms with E-state index in [0.29, 0.717) is 5.56 Å². The first-order chi connectivity index (χ1) is 10.8. The van der Waals surface area contributed by atoms with Gasteiger partial charge in [0.1, 0.15) is 5.82 Å². The lowest BCUT2D eigenvalue weighted by Gasteiger charge is -2.03. The van der Waals surface area contributed by atoms with Crippen LogP contribution in [0.4, 0.5) is 4.39 Å². The van der Waals surface area contributed by atoms with Crippen LogP contribution in [-0.4, -0.2) is 17.9 Å². The van der Waals surface area contributed by atoms with Gasteiger partial charge in [0.25, 0.3) is 0 Å². The fourth-order valence-corrected chi connectivity index (χ4v) is 2.88. The monoisotopic (exact) mass is 311 g/mol. The maximum absolute atomic E-state index is 13.2. The molecule has 0 fully saturated rings. The third kappa shape index (κ3) is 3.04. The summed E-state index contributed by atoms with van der Waals surface area (Å²) in [6.07, 6.45) is 1.64. The predicted octanol–water partition coefficient (Wildman–Crippen LogP) is 3.77. The first kappa shape index (κ1) is 14.4. The highest BCUT2D eigenvalue weighted by atomic mass is 32.1. The van der Waals surface area contributed by atoms with E-state index in [0.717, 1.165) is 16.1 Å². The second kappa shape index (κ2) is 6.49. The third-order valence-corrected chi connectivity index (χ3v) is 4.02. The average molecular weight is 311 g/mol. The van der Waals surface area contributed by atoms with E-state index in [1.165, 1.54) is 23.5 Å². The Morgan fingerprint density at radius 2 is 1.91 bits per heavy atom. The number of nitrogens with zero attached hydrogens (tertiary/aromatic N) is 3. The summed E-state index contributed by atoms with van der Waals surface area (Å²) in [5, 5.41) is 6.48. The van der Waals surface area contributed by atoms with Gasteiger partial charge in [0.2, 0.25) is 4.80 Å². The molecule has 110 valence electrons. The molecular weight excluding hydrogens is 297 g/mol. The van der Waals surface area contributed by atoms with Gasteiger partial charge in [-0.1, -0.05) is 42.5 Å². The smallest absolute Gasteiger partial charge is 0.205 e. The van der Waals surface area contributed by atoms with Gasteiger partial charge in [-0.05, 0) is 17.7 Å². The molecule has 2 aromatic carbocycles. The number of hydrogen-bond donors (Lipinski definition) is 0. The standard InChI is InChI=1S/C17H14FN3S/c1-19-17-21(20-11-13-6-5-9-15(18)10-13)16(12-22-17)14-7-3-2-4-8-14/h2-12H,1H3. The Bertz CT molecular complexity index is 863. The zero-order valence-corrected chi connectivity index (χ0v) is 12.8. The van der Waals surface area contributed by atoms with Crippen molar-refractivity contribution in [1.82, 2.24) is 4.68 Å². The SMILES string of the molecule is CN=c1scc(-c2ccccc2)n1N=Cc1cccc(F)c1. The molecule has 0 amide bonds. The summed E-state index contributed by atoms with van der Waals surface area (Å²) in [5.74, 6) is -0.275. The Balaban J connectivity index is 2.05. The van der Waals surface area contributed by atoms with Gasteiger partial charge in [-0.25, -0.2) is 9.07 Å². The van der Waals surface area contributed by atoms with Crippen LogP contribution in [0.2, 0.25) is 0 Å². The van der Waals surface area contributed by atoms with E-state index in [1.54, 1.807) is 24.0 Å². The van der Waals surface area contributed by atoms with Crippen molar-refractivity contribution in [2.24, 2.45) is 10.1 Å². The summed E-state index contributed by atoms with van der Waals surface area (Å²) in [6, 6.07) is 16.3. The van der Waals surface area contributed by atoms with Crippen molar-refractivity contribution in [2.45, 2.75) is 0 Å². The molecule has 1 aromatic heterocycles. The molecule has 0 unspecified atom stereocenters. The van der Waals surface area contributed by atoms with E-state index in [1.807, 2.05) is 41.8 Å². The summed E-state index contributed by atoms with van der Waals surface area (Å²) in [6.45, 7) is 0. The Labute approximate surface area is 131 Å². The van der Waals surface area contributed by atoms with E-state index in [4.69, 9.17) is 0 Å². The molecule has 3 nitrogen and oxygen atoms in total. The molecule has 22 heavy (non-hydrogen) atoms. The van der Waals surface area contributed by atoms with Crippen LogP contribution in [0.3, 0.4) is 0 Å². The zero-order chi connectivity index (χ0) is 15.4. The number of aromatic nitrogens is 1. The molecule has 0 saturated carbocycles. The van der Waals surface area contributed by atoms with Crippen LogP contribution >= 0.6 is 11.3 Å². The zero-order valence-electron chi connectivity index (χ0n) is 12.0. The van der Waals surface area contributed by atoms with Crippen LogP contribution in [0, 0.1) is 5.82 Å². The molecule has 1 heterocycles. The first-order valence-corrected chi connectivity index (χ1v) is 7.64. The number of rotatable bonds is 3. The second-order valence-electron chi connectivity index (χ2n) is 4.60. The molecule has 5 heteroatoms. The molecule has 0 saturated heterocycles. The van der Waals surface area contributed by atoms with Gasteiger partial charge in [0.15, 0.2) is 0 Å². The Morgan fingerprint density at radius 3 is 2.64 bits per heavy atom.